The number of nitrogens with one attached hydrogen (secondary N) is 1. The van der Waals surface area contributed by atoms with Crippen LogP contribution in [0.1, 0.15) is 37.6 Å². The number of nitrogens with two attached hydrogens (primary N) is 1. The van der Waals surface area contributed by atoms with Crippen molar-refractivity contribution in [3.8, 4) is 0 Å². The summed E-state index contributed by atoms with van der Waals surface area (Å²) in [5, 5.41) is 11.8. The molecule has 4 heterocycles. The van der Waals surface area contributed by atoms with Crippen molar-refractivity contribution in [1.29, 1.82) is 0 Å². The first-order chi connectivity index (χ1) is 13.3. The van der Waals surface area contributed by atoms with E-state index < -0.39 is 28.5 Å². The van der Waals surface area contributed by atoms with Crippen molar-refractivity contribution in [1.82, 2.24) is 25.1 Å². The number of nitrogens with zero attached hydrogens (tertiary/aromatic N) is 5. The number of anilines is 1. The molecule has 2 bridgehead atoms. The van der Waals surface area contributed by atoms with E-state index >= 15 is 0 Å². The van der Waals surface area contributed by atoms with E-state index in [1.165, 1.54) is 4.90 Å². The normalized spacial score (nSPS) is 26.9. The summed E-state index contributed by atoms with van der Waals surface area (Å²) in [6.07, 6.45) is 2.87. The Bertz CT molecular complexity index is 824. The third kappa shape index (κ3) is 4.05. The smallest absolute Gasteiger partial charge is 0.406 e. The van der Waals surface area contributed by atoms with E-state index in [-0.39, 0.29) is 24.5 Å². The highest BCUT2D eigenvalue weighted by molar-refractivity contribution is 7.80. The molecule has 0 radical (unpaired) electrons. The molecule has 2 atom stereocenters. The van der Waals surface area contributed by atoms with E-state index in [0.717, 1.165) is 25.9 Å². The van der Waals surface area contributed by atoms with Crippen LogP contribution in [0.2, 0.25) is 0 Å². The molecule has 0 aliphatic carbocycles. The number of hydroxylamine groups is 2. The number of carbonyl (C=O) groups excluding carboxylic acids is 1. The van der Waals surface area contributed by atoms with Crippen molar-refractivity contribution < 1.29 is 26.5 Å². The molecule has 0 saturated carbocycles. The maximum absolute atomic E-state index is 12.4. The van der Waals surface area contributed by atoms with Crippen LogP contribution in [0.15, 0.2) is 4.42 Å². The van der Waals surface area contributed by atoms with Gasteiger partial charge in [0.2, 0.25) is 5.89 Å². The number of fused-ring (bicyclic) bond motifs is 2. The molecule has 2 amide bonds. The molecule has 14 heteroatoms. The Hall–Kier alpha value is -2.00. The van der Waals surface area contributed by atoms with Gasteiger partial charge in [-0.15, -0.1) is 9.38 Å². The Labute approximate surface area is 161 Å². The number of likely N-dealkylation sites (tertiary alicyclic amines) is 1. The summed E-state index contributed by atoms with van der Waals surface area (Å²) in [7, 11) is -4.77. The molecule has 0 aromatic carbocycles. The van der Waals surface area contributed by atoms with Gasteiger partial charge in [0.1, 0.15) is 6.04 Å². The van der Waals surface area contributed by atoms with E-state index in [4.69, 9.17) is 14.7 Å². The maximum atomic E-state index is 12.4. The van der Waals surface area contributed by atoms with Gasteiger partial charge < -0.3 is 20.4 Å². The van der Waals surface area contributed by atoms with Crippen molar-refractivity contribution in [2.45, 2.75) is 43.8 Å². The van der Waals surface area contributed by atoms with Crippen molar-refractivity contribution in [2.24, 2.45) is 5.73 Å². The van der Waals surface area contributed by atoms with Crippen LogP contribution >= 0.6 is 0 Å². The summed E-state index contributed by atoms with van der Waals surface area (Å²) < 4.78 is 40.8. The first kappa shape index (κ1) is 19.3. The minimum atomic E-state index is -4.77. The standard InChI is InChI=1S/C14H23N7O6S/c15-9-3-5-19(6-4-9)8-16-13-18-17-12(26-13)11-2-1-10-7-20(11)14(22)21(10)27-28(23,24)25/h9-11H,1-8,15H2,(H,16,18)(H,23,24,25)/t10-,11+/m1/s1. The number of urea groups is 1. The molecule has 3 saturated heterocycles. The first-order valence-corrected chi connectivity index (χ1v) is 10.5. The van der Waals surface area contributed by atoms with Gasteiger partial charge >= 0.3 is 22.4 Å². The van der Waals surface area contributed by atoms with Crippen molar-refractivity contribution in [3.63, 3.8) is 0 Å². The molecule has 1 aromatic rings. The van der Waals surface area contributed by atoms with Gasteiger partial charge in [0.15, 0.2) is 0 Å². The number of rotatable bonds is 6. The lowest BCUT2D eigenvalue weighted by Gasteiger charge is -2.29. The Morgan fingerprint density at radius 1 is 1.25 bits per heavy atom. The molecule has 4 rings (SSSR count). The summed E-state index contributed by atoms with van der Waals surface area (Å²) in [5.41, 5.74) is 5.89. The Morgan fingerprint density at radius 2 is 2.00 bits per heavy atom. The van der Waals surface area contributed by atoms with Gasteiger partial charge in [-0.25, -0.2) is 4.79 Å². The predicted molar refractivity (Wildman–Crippen MR) is 93.9 cm³/mol. The third-order valence-corrected chi connectivity index (χ3v) is 5.66. The number of aromatic nitrogens is 2. The molecule has 0 unspecified atom stereocenters. The predicted octanol–water partition coefficient (Wildman–Crippen LogP) is -0.462. The van der Waals surface area contributed by atoms with Gasteiger partial charge in [-0.2, -0.15) is 13.5 Å². The van der Waals surface area contributed by atoms with Crippen LogP contribution in [0.25, 0.3) is 0 Å². The Balaban J connectivity index is 1.37. The lowest BCUT2D eigenvalue weighted by atomic mass is 10.0. The van der Waals surface area contributed by atoms with E-state index in [1.54, 1.807) is 0 Å². The fraction of sp³-hybridized carbons (Fsp3) is 0.786. The van der Waals surface area contributed by atoms with Crippen molar-refractivity contribution in [2.75, 3.05) is 31.6 Å². The molecule has 1 aromatic heterocycles. The van der Waals surface area contributed by atoms with Crippen molar-refractivity contribution in [3.05, 3.63) is 5.89 Å². The van der Waals surface area contributed by atoms with Gasteiger partial charge in [-0.1, -0.05) is 5.10 Å². The van der Waals surface area contributed by atoms with E-state index in [1.807, 2.05) is 0 Å². The molecule has 156 valence electrons. The first-order valence-electron chi connectivity index (χ1n) is 9.12. The van der Waals surface area contributed by atoms with Gasteiger partial charge in [-0.3, -0.25) is 9.45 Å². The summed E-state index contributed by atoms with van der Waals surface area (Å²) in [5.74, 6) is 0.267. The zero-order valence-corrected chi connectivity index (χ0v) is 15.9. The van der Waals surface area contributed by atoms with Gasteiger partial charge in [0, 0.05) is 25.7 Å². The molecule has 4 N–H and O–H groups in total. The minimum absolute atomic E-state index is 0.248. The molecule has 3 aliphatic rings. The van der Waals surface area contributed by atoms with E-state index in [2.05, 4.69) is 24.7 Å². The highest BCUT2D eigenvalue weighted by atomic mass is 32.3. The molecule has 13 nitrogen and oxygen atoms in total. The zero-order chi connectivity index (χ0) is 19.9. The molecule has 3 aliphatic heterocycles. The average molecular weight is 417 g/mol. The lowest BCUT2D eigenvalue weighted by Crippen LogP contribution is -2.41. The summed E-state index contributed by atoms with van der Waals surface area (Å²) in [6.45, 7) is 2.59. The van der Waals surface area contributed by atoms with Crippen LogP contribution in [-0.2, 0) is 14.7 Å². The molecule has 3 fully saturated rings. The number of hydrogen-bond donors (Lipinski definition) is 3. The minimum Gasteiger partial charge on any atom is -0.406 e. The van der Waals surface area contributed by atoms with Crippen LogP contribution in [0.3, 0.4) is 0 Å². The monoisotopic (exact) mass is 417 g/mol. The molecular weight excluding hydrogens is 394 g/mol. The number of piperidine rings is 2. The summed E-state index contributed by atoms with van der Waals surface area (Å²) >= 11 is 0. The number of amides is 2. The number of hydrogen-bond acceptors (Lipinski definition) is 10. The highest BCUT2D eigenvalue weighted by Gasteiger charge is 2.49. The zero-order valence-electron chi connectivity index (χ0n) is 15.1. The maximum Gasteiger partial charge on any atom is 0.418 e. The number of carbonyl (C=O) groups is 1. The topological polar surface area (TPSA) is 167 Å². The second-order valence-electron chi connectivity index (χ2n) is 7.25. The third-order valence-electron chi connectivity index (χ3n) is 5.31. The van der Waals surface area contributed by atoms with Crippen LogP contribution < -0.4 is 11.1 Å². The fourth-order valence-electron chi connectivity index (χ4n) is 3.82. The van der Waals surface area contributed by atoms with E-state index in [0.29, 0.717) is 24.6 Å². The second-order valence-corrected chi connectivity index (χ2v) is 8.25. The summed E-state index contributed by atoms with van der Waals surface area (Å²) in [6, 6.07) is -1.10. The van der Waals surface area contributed by atoms with Gasteiger partial charge in [-0.05, 0) is 25.7 Å². The lowest BCUT2D eigenvalue weighted by molar-refractivity contribution is -0.0317. The molecular formula is C14H23N7O6S. The Morgan fingerprint density at radius 3 is 2.71 bits per heavy atom. The van der Waals surface area contributed by atoms with Crippen LogP contribution in [0.5, 0.6) is 0 Å². The second kappa shape index (κ2) is 7.44. The quantitative estimate of drug-likeness (QED) is 0.512. The van der Waals surface area contributed by atoms with Crippen molar-refractivity contribution >= 4 is 22.4 Å². The Kier molecular flexibility index (Phi) is 5.13. The van der Waals surface area contributed by atoms with E-state index in [9.17, 15) is 13.2 Å². The van der Waals surface area contributed by atoms with Gasteiger partial charge in [0.05, 0.1) is 12.7 Å². The van der Waals surface area contributed by atoms with Crippen LogP contribution in [0, 0.1) is 0 Å². The molecule has 28 heavy (non-hydrogen) atoms. The average Bonchev–Trinajstić information content (AvgIpc) is 3.20. The molecule has 0 spiro atoms. The summed E-state index contributed by atoms with van der Waals surface area (Å²) in [4.78, 5) is 16.0. The van der Waals surface area contributed by atoms with Crippen LogP contribution in [0.4, 0.5) is 10.8 Å². The largest absolute Gasteiger partial charge is 0.418 e. The fourth-order valence-corrected chi connectivity index (χ4v) is 4.21. The highest BCUT2D eigenvalue weighted by Crippen LogP contribution is 2.38. The van der Waals surface area contributed by atoms with Crippen LogP contribution in [-0.4, -0.2) is 82.4 Å². The SMILES string of the molecule is NC1CCN(CNc2nnc([C@@H]3CC[C@@H]4CN3C(=O)N4OS(=O)(=O)O)o2)CC1. The van der Waals surface area contributed by atoms with Gasteiger partial charge in [0.25, 0.3) is 0 Å².